The maximum atomic E-state index is 13.5. The molecule has 0 radical (unpaired) electrons. The van der Waals surface area contributed by atoms with Crippen LogP contribution in [0.3, 0.4) is 0 Å². The summed E-state index contributed by atoms with van der Waals surface area (Å²) in [6.45, 7) is 7.86. The van der Waals surface area contributed by atoms with Crippen LogP contribution in [0.1, 0.15) is 55.3 Å². The zero-order valence-corrected chi connectivity index (χ0v) is 20.8. The molecule has 2 aromatic heterocycles. The van der Waals surface area contributed by atoms with Crippen molar-refractivity contribution in [2.45, 2.75) is 65.0 Å². The molecule has 0 spiro atoms. The molecular formula is C26H31N3O4S. The zero-order chi connectivity index (χ0) is 24.4. The average molecular weight is 482 g/mol. The number of aliphatic hydroxyl groups excluding tert-OH is 1. The minimum Gasteiger partial charge on any atom is -0.391 e. The number of β-amino-alcohol motifs (C(OH)–C–C–N with tert-alkyl or cyclic N) is 1. The van der Waals surface area contributed by atoms with E-state index >= 15 is 0 Å². The lowest BCUT2D eigenvalue weighted by molar-refractivity contribution is -0.140. The van der Waals surface area contributed by atoms with Crippen molar-refractivity contribution in [1.29, 1.82) is 0 Å². The van der Waals surface area contributed by atoms with E-state index in [4.69, 9.17) is 4.52 Å². The van der Waals surface area contributed by atoms with Crippen molar-refractivity contribution in [3.05, 3.63) is 58.6 Å². The third-order valence-electron chi connectivity index (χ3n) is 6.44. The first-order valence-corrected chi connectivity index (χ1v) is 12.6. The first-order valence-electron chi connectivity index (χ1n) is 11.7. The number of amides is 1. The van der Waals surface area contributed by atoms with Crippen molar-refractivity contribution in [1.82, 2.24) is 15.0 Å². The second-order valence-electron chi connectivity index (χ2n) is 9.42. The second kappa shape index (κ2) is 10.2. The van der Waals surface area contributed by atoms with Crippen LogP contribution in [0.5, 0.6) is 0 Å². The largest absolute Gasteiger partial charge is 0.391 e. The van der Waals surface area contributed by atoms with Gasteiger partial charge in [0.1, 0.15) is 11.7 Å². The Morgan fingerprint density at radius 3 is 2.56 bits per heavy atom. The quantitative estimate of drug-likeness (QED) is 0.515. The third-order valence-corrected chi connectivity index (χ3v) is 7.42. The summed E-state index contributed by atoms with van der Waals surface area (Å²) in [4.78, 5) is 33.6. The predicted molar refractivity (Wildman–Crippen MR) is 131 cm³/mol. The molecule has 1 N–H and O–H groups in total. The van der Waals surface area contributed by atoms with Gasteiger partial charge in [-0.25, -0.2) is 4.98 Å². The Morgan fingerprint density at radius 2 is 1.97 bits per heavy atom. The van der Waals surface area contributed by atoms with E-state index in [1.165, 1.54) is 0 Å². The standard InChI is InChI=1S/C26H31N3O4S/c1-15(2)24(23-11-16(3)28-33-23)26(32)29-13-20(30)12-21(29)22(31)10-7-18-5-8-19(9-6-18)25-17(4)27-14-34-25/h5-6,8-9,11,14-15,20-21,24,30H,7,10,12-13H2,1-4H3/t20-,21+,24-/m1/s1. The normalized spacial score (nSPS) is 19.1. The van der Waals surface area contributed by atoms with Gasteiger partial charge < -0.3 is 14.5 Å². The summed E-state index contributed by atoms with van der Waals surface area (Å²) in [5.41, 5.74) is 5.74. The van der Waals surface area contributed by atoms with Crippen LogP contribution in [0.4, 0.5) is 0 Å². The summed E-state index contributed by atoms with van der Waals surface area (Å²) in [6.07, 6.45) is 0.469. The molecule has 1 aromatic carbocycles. The van der Waals surface area contributed by atoms with Gasteiger partial charge in [0.25, 0.3) is 0 Å². The number of likely N-dealkylation sites (tertiary alicyclic amines) is 1. The van der Waals surface area contributed by atoms with E-state index in [0.29, 0.717) is 24.3 Å². The number of rotatable bonds is 8. The number of aryl methyl sites for hydroxylation is 3. The van der Waals surface area contributed by atoms with Crippen LogP contribution in [0.15, 0.2) is 40.4 Å². The number of carbonyl (C=O) groups excluding carboxylic acids is 2. The summed E-state index contributed by atoms with van der Waals surface area (Å²) in [5.74, 6) is -0.284. The molecule has 180 valence electrons. The fraction of sp³-hybridized carbons (Fsp3) is 0.462. The summed E-state index contributed by atoms with van der Waals surface area (Å²) < 4.78 is 5.39. The Bertz CT molecular complexity index is 1150. The van der Waals surface area contributed by atoms with E-state index in [2.05, 4.69) is 22.3 Å². The van der Waals surface area contributed by atoms with Crippen LogP contribution in [-0.2, 0) is 16.0 Å². The van der Waals surface area contributed by atoms with Gasteiger partial charge in [-0.1, -0.05) is 43.3 Å². The number of carbonyl (C=O) groups is 2. The minimum absolute atomic E-state index is 0.0245. The molecule has 8 heteroatoms. The first-order chi connectivity index (χ1) is 16.2. The first kappa shape index (κ1) is 24.3. The highest BCUT2D eigenvalue weighted by Gasteiger charge is 2.42. The summed E-state index contributed by atoms with van der Waals surface area (Å²) in [7, 11) is 0. The molecule has 0 unspecified atom stereocenters. The Morgan fingerprint density at radius 1 is 1.24 bits per heavy atom. The van der Waals surface area contributed by atoms with Crippen molar-refractivity contribution in [2.75, 3.05) is 6.54 Å². The topological polar surface area (TPSA) is 96.5 Å². The third kappa shape index (κ3) is 5.13. The van der Waals surface area contributed by atoms with Gasteiger partial charge in [0.2, 0.25) is 5.91 Å². The Labute approximate surface area is 203 Å². The number of aromatic nitrogens is 2. The Hall–Kier alpha value is -2.84. The molecule has 7 nitrogen and oxygen atoms in total. The van der Waals surface area contributed by atoms with Crippen molar-refractivity contribution in [2.24, 2.45) is 5.92 Å². The van der Waals surface area contributed by atoms with Crippen molar-refractivity contribution in [3.63, 3.8) is 0 Å². The lowest BCUT2D eigenvalue weighted by Crippen LogP contribution is -2.44. The molecular weight excluding hydrogens is 450 g/mol. The fourth-order valence-corrected chi connectivity index (χ4v) is 5.45. The molecule has 0 saturated carbocycles. The lowest BCUT2D eigenvalue weighted by Gasteiger charge is -2.28. The number of nitrogens with zero attached hydrogens (tertiary/aromatic N) is 3. The second-order valence-corrected chi connectivity index (χ2v) is 10.3. The van der Waals surface area contributed by atoms with Crippen molar-refractivity contribution < 1.29 is 19.2 Å². The lowest BCUT2D eigenvalue weighted by atomic mass is 9.91. The van der Waals surface area contributed by atoms with Crippen LogP contribution >= 0.6 is 11.3 Å². The van der Waals surface area contributed by atoms with E-state index in [9.17, 15) is 14.7 Å². The number of hydrogen-bond acceptors (Lipinski definition) is 7. The Balaban J connectivity index is 1.43. The molecule has 1 aliphatic heterocycles. The smallest absolute Gasteiger partial charge is 0.234 e. The van der Waals surface area contributed by atoms with Crippen LogP contribution in [0.25, 0.3) is 10.4 Å². The summed E-state index contributed by atoms with van der Waals surface area (Å²) in [5, 5.41) is 14.2. The van der Waals surface area contributed by atoms with Gasteiger partial charge in [0, 0.05) is 25.5 Å². The summed E-state index contributed by atoms with van der Waals surface area (Å²) >= 11 is 1.61. The number of benzene rings is 1. The van der Waals surface area contributed by atoms with Gasteiger partial charge in [-0.2, -0.15) is 0 Å². The number of thiazole rings is 1. The van der Waals surface area contributed by atoms with Crippen molar-refractivity contribution in [3.8, 4) is 10.4 Å². The predicted octanol–water partition coefficient (Wildman–Crippen LogP) is 4.32. The van der Waals surface area contributed by atoms with Crippen molar-refractivity contribution >= 4 is 23.0 Å². The minimum atomic E-state index is -0.705. The number of aliphatic hydroxyl groups is 1. The van der Waals surface area contributed by atoms with Gasteiger partial charge in [0.05, 0.1) is 33.9 Å². The fourth-order valence-electron chi connectivity index (χ4n) is 4.64. The van der Waals surface area contributed by atoms with E-state index < -0.39 is 18.1 Å². The highest BCUT2D eigenvalue weighted by Crippen LogP contribution is 2.32. The van der Waals surface area contributed by atoms with Crippen LogP contribution in [-0.4, -0.2) is 50.5 Å². The molecule has 3 heterocycles. The molecule has 4 rings (SSSR count). The molecule has 1 fully saturated rings. The molecule has 1 saturated heterocycles. The highest BCUT2D eigenvalue weighted by atomic mass is 32.1. The molecule has 34 heavy (non-hydrogen) atoms. The van der Waals surface area contributed by atoms with E-state index in [-0.39, 0.29) is 30.6 Å². The van der Waals surface area contributed by atoms with Gasteiger partial charge >= 0.3 is 0 Å². The number of Topliss-reactive ketones (excluding diaryl/α,β-unsaturated/α-hetero) is 1. The molecule has 0 aliphatic carbocycles. The van der Waals surface area contributed by atoms with Gasteiger partial charge in [-0.3, -0.25) is 9.59 Å². The zero-order valence-electron chi connectivity index (χ0n) is 20.0. The SMILES string of the molecule is Cc1cc([C@H](C(=O)N2C[C@H](O)C[C@H]2C(=O)CCc2ccc(-c3scnc3C)cc2)C(C)C)on1. The molecule has 3 aromatic rings. The van der Waals surface area contributed by atoms with Gasteiger partial charge in [-0.05, 0) is 37.3 Å². The maximum Gasteiger partial charge on any atom is 0.234 e. The summed E-state index contributed by atoms with van der Waals surface area (Å²) in [6, 6.07) is 9.34. The molecule has 0 bridgehead atoms. The van der Waals surface area contributed by atoms with Gasteiger partial charge in [-0.15, -0.1) is 11.3 Å². The van der Waals surface area contributed by atoms with E-state index in [0.717, 1.165) is 21.7 Å². The highest BCUT2D eigenvalue weighted by molar-refractivity contribution is 7.13. The van der Waals surface area contributed by atoms with Gasteiger partial charge in [0.15, 0.2) is 5.78 Å². The number of hydrogen-bond donors (Lipinski definition) is 1. The molecule has 1 amide bonds. The average Bonchev–Trinajstić information content (AvgIpc) is 3.52. The monoisotopic (exact) mass is 481 g/mol. The number of ketones is 1. The van der Waals surface area contributed by atoms with E-state index in [1.807, 2.05) is 45.3 Å². The maximum absolute atomic E-state index is 13.5. The van der Waals surface area contributed by atoms with E-state index in [1.54, 1.807) is 22.3 Å². The molecule has 3 atom stereocenters. The van der Waals surface area contributed by atoms with Crippen LogP contribution < -0.4 is 0 Å². The Kier molecular flexibility index (Phi) is 7.28. The van der Waals surface area contributed by atoms with Crippen LogP contribution in [0.2, 0.25) is 0 Å². The molecule has 1 aliphatic rings. The van der Waals surface area contributed by atoms with Crippen LogP contribution in [0, 0.1) is 19.8 Å².